The number of aliphatic hydroxyl groups is 1. The molecule has 0 spiro atoms. The van der Waals surface area contributed by atoms with Gasteiger partial charge in [-0.2, -0.15) is 0 Å². The van der Waals surface area contributed by atoms with Gasteiger partial charge in [0, 0.05) is 31.4 Å². The monoisotopic (exact) mass is 263 g/mol. The molecule has 0 unspecified atom stereocenters. The number of rotatable bonds is 5. The normalized spacial score (nSPS) is 11.0. The molecule has 0 aromatic heterocycles. The summed E-state index contributed by atoms with van der Waals surface area (Å²) in [4.78, 5) is 24.8. The molecule has 5 nitrogen and oxygen atoms in total. The zero-order valence-electron chi connectivity index (χ0n) is 11.2. The molecule has 1 aromatic rings. The third kappa shape index (κ3) is 4.13. The van der Waals surface area contributed by atoms with Crippen molar-refractivity contribution >= 4 is 17.4 Å². The van der Waals surface area contributed by atoms with Crippen molar-refractivity contribution in [1.29, 1.82) is 0 Å². The van der Waals surface area contributed by atoms with Gasteiger partial charge in [-0.05, 0) is 31.2 Å². The number of aliphatic hydroxyl groups excluding tert-OH is 1. The summed E-state index contributed by atoms with van der Waals surface area (Å²) in [5, 5.41) is 9.38. The summed E-state index contributed by atoms with van der Waals surface area (Å²) in [5.74, 6) is -2.04. The molecule has 19 heavy (non-hydrogen) atoms. The van der Waals surface area contributed by atoms with Gasteiger partial charge in [-0.1, -0.05) is 0 Å². The molecule has 0 radical (unpaired) electrons. The summed E-state index contributed by atoms with van der Waals surface area (Å²) in [5.41, 5.74) is 1.34. The quantitative estimate of drug-likeness (QED) is 0.380. The highest BCUT2D eigenvalue weighted by atomic mass is 16.5. The number of ether oxygens (including phenoxy) is 1. The van der Waals surface area contributed by atoms with Crippen LogP contribution in [-0.2, 0) is 9.53 Å². The second kappa shape index (κ2) is 6.58. The Bertz CT molecular complexity index is 489. The fourth-order valence-corrected chi connectivity index (χ4v) is 1.40. The highest BCUT2D eigenvalue weighted by molar-refractivity contribution is 6.08. The molecule has 0 amide bonds. The molecule has 0 atom stereocenters. The summed E-state index contributed by atoms with van der Waals surface area (Å²) in [7, 11) is 3.78. The largest absolute Gasteiger partial charge is 0.502 e. The lowest BCUT2D eigenvalue weighted by atomic mass is 10.1. The summed E-state index contributed by atoms with van der Waals surface area (Å²) in [6.45, 7) is 1.76. The topological polar surface area (TPSA) is 66.8 Å². The van der Waals surface area contributed by atoms with Crippen molar-refractivity contribution < 1.29 is 19.4 Å². The summed E-state index contributed by atoms with van der Waals surface area (Å²) in [6, 6.07) is 6.82. The van der Waals surface area contributed by atoms with Crippen LogP contribution in [-0.4, -0.2) is 37.6 Å². The number of hydrogen-bond acceptors (Lipinski definition) is 5. The van der Waals surface area contributed by atoms with E-state index in [-0.39, 0.29) is 6.61 Å². The Morgan fingerprint density at radius 3 is 2.32 bits per heavy atom. The highest BCUT2D eigenvalue weighted by Gasteiger charge is 2.12. The summed E-state index contributed by atoms with van der Waals surface area (Å²) < 4.78 is 4.57. The number of benzene rings is 1. The van der Waals surface area contributed by atoms with Gasteiger partial charge >= 0.3 is 5.97 Å². The van der Waals surface area contributed by atoms with Gasteiger partial charge in [-0.25, -0.2) is 4.79 Å². The lowest BCUT2D eigenvalue weighted by molar-refractivity contribution is -0.141. The smallest absolute Gasteiger partial charge is 0.373 e. The van der Waals surface area contributed by atoms with E-state index in [1.807, 2.05) is 19.0 Å². The van der Waals surface area contributed by atoms with Gasteiger partial charge in [-0.15, -0.1) is 0 Å². The molecule has 0 fully saturated rings. The SMILES string of the molecule is CCOC(=O)C(O)=CC(=O)c1ccc(N(C)C)cc1. The Morgan fingerprint density at radius 2 is 1.84 bits per heavy atom. The van der Waals surface area contributed by atoms with Crippen molar-refractivity contribution in [3.63, 3.8) is 0 Å². The van der Waals surface area contributed by atoms with Gasteiger partial charge in [0.15, 0.2) is 5.78 Å². The molecule has 0 aliphatic rings. The predicted molar refractivity (Wildman–Crippen MR) is 72.4 cm³/mol. The van der Waals surface area contributed by atoms with Crippen LogP contribution in [0.3, 0.4) is 0 Å². The standard InChI is InChI=1S/C14H17NO4/c1-4-19-14(18)13(17)9-12(16)10-5-7-11(8-6-10)15(2)3/h5-9,17H,4H2,1-3H3. The number of anilines is 1. The van der Waals surface area contributed by atoms with Crippen LogP contribution in [0.1, 0.15) is 17.3 Å². The molecule has 0 saturated heterocycles. The van der Waals surface area contributed by atoms with Gasteiger partial charge in [0.25, 0.3) is 0 Å². The number of carbonyl (C=O) groups is 2. The Morgan fingerprint density at radius 1 is 1.26 bits per heavy atom. The number of carbonyl (C=O) groups excluding carboxylic acids is 2. The Balaban J connectivity index is 2.83. The van der Waals surface area contributed by atoms with Crippen LogP contribution >= 0.6 is 0 Å². The highest BCUT2D eigenvalue weighted by Crippen LogP contribution is 2.13. The summed E-state index contributed by atoms with van der Waals surface area (Å²) in [6.07, 6.45) is 0.864. The molecular formula is C14H17NO4. The molecule has 1 N–H and O–H groups in total. The fraction of sp³-hybridized carbons (Fsp3) is 0.286. The van der Waals surface area contributed by atoms with Crippen LogP contribution in [0.25, 0.3) is 0 Å². The third-order valence-corrected chi connectivity index (χ3v) is 2.42. The number of esters is 1. The molecule has 1 rings (SSSR count). The minimum absolute atomic E-state index is 0.141. The van der Waals surface area contributed by atoms with E-state index in [0.717, 1.165) is 11.8 Å². The number of hydrogen-bond donors (Lipinski definition) is 1. The molecular weight excluding hydrogens is 246 g/mol. The van der Waals surface area contributed by atoms with Crippen LogP contribution in [0.5, 0.6) is 0 Å². The van der Waals surface area contributed by atoms with Crippen LogP contribution in [0.4, 0.5) is 5.69 Å². The van der Waals surface area contributed by atoms with Gasteiger partial charge in [-0.3, -0.25) is 4.79 Å². The Labute approximate surface area is 112 Å². The second-order valence-electron chi connectivity index (χ2n) is 4.06. The lowest BCUT2D eigenvalue weighted by Gasteiger charge is -2.11. The number of allylic oxidation sites excluding steroid dienone is 1. The van der Waals surface area contributed by atoms with E-state index in [1.165, 1.54) is 0 Å². The molecule has 5 heteroatoms. The maximum absolute atomic E-state index is 11.8. The van der Waals surface area contributed by atoms with Crippen LogP contribution in [0.15, 0.2) is 36.1 Å². The van der Waals surface area contributed by atoms with E-state index >= 15 is 0 Å². The third-order valence-electron chi connectivity index (χ3n) is 2.42. The van der Waals surface area contributed by atoms with Crippen molar-refractivity contribution in [2.45, 2.75) is 6.92 Å². The van der Waals surface area contributed by atoms with Crippen molar-refractivity contribution in [2.75, 3.05) is 25.6 Å². The molecule has 0 bridgehead atoms. The van der Waals surface area contributed by atoms with E-state index in [9.17, 15) is 14.7 Å². The van der Waals surface area contributed by atoms with E-state index in [4.69, 9.17) is 0 Å². The van der Waals surface area contributed by atoms with E-state index < -0.39 is 17.5 Å². The molecule has 0 aliphatic heterocycles. The summed E-state index contributed by atoms with van der Waals surface area (Å²) >= 11 is 0. The van der Waals surface area contributed by atoms with Gasteiger partial charge < -0.3 is 14.7 Å². The van der Waals surface area contributed by atoms with Gasteiger partial charge in [0.2, 0.25) is 5.76 Å². The van der Waals surface area contributed by atoms with Gasteiger partial charge in [0.05, 0.1) is 6.61 Å². The Kier molecular flexibility index (Phi) is 5.11. The average Bonchev–Trinajstić information content (AvgIpc) is 2.38. The molecule has 102 valence electrons. The second-order valence-corrected chi connectivity index (χ2v) is 4.06. The zero-order valence-corrected chi connectivity index (χ0v) is 11.2. The van der Waals surface area contributed by atoms with E-state index in [2.05, 4.69) is 4.74 Å². The first-order chi connectivity index (χ1) is 8.95. The molecule has 0 saturated carbocycles. The maximum Gasteiger partial charge on any atom is 0.373 e. The fourth-order valence-electron chi connectivity index (χ4n) is 1.40. The van der Waals surface area contributed by atoms with Crippen LogP contribution < -0.4 is 4.90 Å². The zero-order chi connectivity index (χ0) is 14.4. The average molecular weight is 263 g/mol. The van der Waals surface area contributed by atoms with E-state index in [0.29, 0.717) is 5.56 Å². The molecule has 1 aromatic carbocycles. The Hall–Kier alpha value is -2.30. The molecule has 0 heterocycles. The van der Waals surface area contributed by atoms with Crippen molar-refractivity contribution in [2.24, 2.45) is 0 Å². The minimum atomic E-state index is -0.902. The predicted octanol–water partition coefficient (Wildman–Crippen LogP) is 1.94. The first-order valence-corrected chi connectivity index (χ1v) is 5.85. The number of ketones is 1. The van der Waals surface area contributed by atoms with Crippen LogP contribution in [0.2, 0.25) is 0 Å². The first kappa shape index (κ1) is 14.8. The van der Waals surface area contributed by atoms with Crippen molar-refractivity contribution in [3.8, 4) is 0 Å². The minimum Gasteiger partial charge on any atom is -0.502 e. The van der Waals surface area contributed by atoms with E-state index in [1.54, 1.807) is 31.2 Å². The van der Waals surface area contributed by atoms with Gasteiger partial charge in [0.1, 0.15) is 0 Å². The maximum atomic E-state index is 11.8. The lowest BCUT2D eigenvalue weighted by Crippen LogP contribution is -2.10. The molecule has 0 aliphatic carbocycles. The number of nitrogens with zero attached hydrogens (tertiary/aromatic N) is 1. The van der Waals surface area contributed by atoms with Crippen molar-refractivity contribution in [3.05, 3.63) is 41.7 Å². The van der Waals surface area contributed by atoms with Crippen LogP contribution in [0, 0.1) is 0 Å². The first-order valence-electron chi connectivity index (χ1n) is 5.85. The van der Waals surface area contributed by atoms with Crippen molar-refractivity contribution in [1.82, 2.24) is 0 Å².